The first-order chi connectivity index (χ1) is 9.92. The van der Waals surface area contributed by atoms with Gasteiger partial charge in [-0.15, -0.1) is 0 Å². The van der Waals surface area contributed by atoms with Crippen molar-refractivity contribution in [2.75, 3.05) is 30.7 Å². The molecule has 6 heteroatoms. The first-order valence-corrected chi connectivity index (χ1v) is 7.09. The van der Waals surface area contributed by atoms with Gasteiger partial charge in [0.05, 0.1) is 13.1 Å². The zero-order valence-electron chi connectivity index (χ0n) is 12.7. The predicted octanol–water partition coefficient (Wildman–Crippen LogP) is 1.10. The van der Waals surface area contributed by atoms with Gasteiger partial charge in [-0.1, -0.05) is 13.3 Å². The Morgan fingerprint density at radius 1 is 1.29 bits per heavy atom. The molecule has 6 nitrogen and oxygen atoms in total. The number of primary amides is 1. The summed E-state index contributed by atoms with van der Waals surface area (Å²) in [5.41, 5.74) is 13.2. The average Bonchev–Trinajstić information content (AvgIpc) is 2.38. The van der Waals surface area contributed by atoms with Crippen LogP contribution < -0.4 is 16.8 Å². The van der Waals surface area contributed by atoms with Gasteiger partial charge in [-0.3, -0.25) is 14.5 Å². The van der Waals surface area contributed by atoms with E-state index in [0.717, 1.165) is 24.1 Å². The molecule has 0 radical (unpaired) electrons. The van der Waals surface area contributed by atoms with E-state index in [1.165, 1.54) is 0 Å². The highest BCUT2D eigenvalue weighted by Crippen LogP contribution is 2.17. The normalized spacial score (nSPS) is 10.6. The van der Waals surface area contributed by atoms with Crippen LogP contribution in [0.25, 0.3) is 0 Å². The highest BCUT2D eigenvalue weighted by atomic mass is 16.2. The number of hydrogen-bond donors (Lipinski definition) is 3. The number of carbonyl (C=O) groups excluding carboxylic acids is 2. The summed E-state index contributed by atoms with van der Waals surface area (Å²) < 4.78 is 0. The van der Waals surface area contributed by atoms with Crippen molar-refractivity contribution in [3.05, 3.63) is 23.8 Å². The van der Waals surface area contributed by atoms with Gasteiger partial charge in [0.15, 0.2) is 0 Å². The molecule has 21 heavy (non-hydrogen) atoms. The first-order valence-electron chi connectivity index (χ1n) is 7.09. The fourth-order valence-corrected chi connectivity index (χ4v) is 2.04. The van der Waals surface area contributed by atoms with Crippen LogP contribution in [0.5, 0.6) is 0 Å². The zero-order valence-corrected chi connectivity index (χ0v) is 12.7. The van der Waals surface area contributed by atoms with Gasteiger partial charge in [-0.05, 0) is 43.7 Å². The lowest BCUT2D eigenvalue weighted by atomic mass is 10.2. The second kappa shape index (κ2) is 8.26. The molecule has 1 aromatic carbocycles. The maximum absolute atomic E-state index is 12.1. The van der Waals surface area contributed by atoms with Crippen molar-refractivity contribution in [3.8, 4) is 0 Å². The Morgan fingerprint density at radius 2 is 2.00 bits per heavy atom. The quantitative estimate of drug-likeness (QED) is 0.624. The molecule has 2 amide bonds. The minimum atomic E-state index is -0.428. The van der Waals surface area contributed by atoms with E-state index >= 15 is 0 Å². The number of nitrogen functional groups attached to an aromatic ring is 1. The second-order valence-electron chi connectivity index (χ2n) is 5.15. The van der Waals surface area contributed by atoms with Crippen molar-refractivity contribution in [1.29, 1.82) is 0 Å². The third kappa shape index (κ3) is 6.27. The summed E-state index contributed by atoms with van der Waals surface area (Å²) in [5, 5.41) is 2.83. The van der Waals surface area contributed by atoms with Crippen molar-refractivity contribution in [1.82, 2.24) is 4.90 Å². The lowest BCUT2D eigenvalue weighted by molar-refractivity contribution is -0.121. The largest absolute Gasteiger partial charge is 0.399 e. The van der Waals surface area contributed by atoms with Crippen molar-refractivity contribution in [2.45, 2.75) is 26.7 Å². The van der Waals surface area contributed by atoms with Crippen molar-refractivity contribution < 1.29 is 9.59 Å². The summed E-state index contributed by atoms with van der Waals surface area (Å²) in [6.45, 7) is 4.85. The standard InChI is InChI=1S/C15H24N4O2/c1-3-4-7-19(9-14(17)20)10-15(21)18-13-6-5-12(16)8-11(13)2/h5-6,8H,3-4,7,9-10,16H2,1-2H3,(H2,17,20)(H,18,21). The van der Waals surface area contributed by atoms with Gasteiger partial charge in [0.1, 0.15) is 0 Å². The molecule has 0 fully saturated rings. The Labute approximate surface area is 125 Å². The lowest BCUT2D eigenvalue weighted by Crippen LogP contribution is -2.39. The molecular formula is C15H24N4O2. The maximum atomic E-state index is 12.1. The van der Waals surface area contributed by atoms with Crippen LogP contribution in [0.3, 0.4) is 0 Å². The number of nitrogens with one attached hydrogen (secondary N) is 1. The van der Waals surface area contributed by atoms with E-state index in [-0.39, 0.29) is 19.0 Å². The number of aryl methyl sites for hydroxylation is 1. The van der Waals surface area contributed by atoms with E-state index in [9.17, 15) is 9.59 Å². The molecule has 0 aliphatic heterocycles. The number of anilines is 2. The topological polar surface area (TPSA) is 101 Å². The van der Waals surface area contributed by atoms with E-state index < -0.39 is 5.91 Å². The summed E-state index contributed by atoms with van der Waals surface area (Å²) >= 11 is 0. The SMILES string of the molecule is CCCCN(CC(N)=O)CC(=O)Nc1ccc(N)cc1C. The fourth-order valence-electron chi connectivity index (χ4n) is 2.04. The molecule has 1 rings (SSSR count). The van der Waals surface area contributed by atoms with Gasteiger partial charge < -0.3 is 16.8 Å². The molecule has 1 aromatic rings. The molecule has 0 saturated carbocycles. The number of unbranched alkanes of at least 4 members (excludes halogenated alkanes) is 1. The number of carbonyl (C=O) groups is 2. The van der Waals surface area contributed by atoms with Gasteiger partial charge in [-0.2, -0.15) is 0 Å². The highest BCUT2D eigenvalue weighted by molar-refractivity contribution is 5.93. The summed E-state index contributed by atoms with van der Waals surface area (Å²) in [4.78, 5) is 24.9. The zero-order chi connectivity index (χ0) is 15.8. The molecular weight excluding hydrogens is 268 g/mol. The Hall–Kier alpha value is -2.08. The van der Waals surface area contributed by atoms with E-state index in [0.29, 0.717) is 12.2 Å². The van der Waals surface area contributed by atoms with Gasteiger partial charge in [-0.25, -0.2) is 0 Å². The van der Waals surface area contributed by atoms with Gasteiger partial charge >= 0.3 is 0 Å². The average molecular weight is 292 g/mol. The Morgan fingerprint density at radius 3 is 2.57 bits per heavy atom. The Bertz CT molecular complexity index is 502. The van der Waals surface area contributed by atoms with E-state index in [1.807, 2.05) is 6.92 Å². The number of rotatable bonds is 8. The second-order valence-corrected chi connectivity index (χ2v) is 5.15. The lowest BCUT2D eigenvalue weighted by Gasteiger charge is -2.20. The Balaban J connectivity index is 2.61. The molecule has 0 spiro atoms. The molecule has 0 saturated heterocycles. The third-order valence-electron chi connectivity index (χ3n) is 3.10. The summed E-state index contributed by atoms with van der Waals surface area (Å²) in [6, 6.07) is 5.31. The van der Waals surface area contributed by atoms with Gasteiger partial charge in [0.25, 0.3) is 0 Å². The molecule has 0 aromatic heterocycles. The number of amides is 2. The highest BCUT2D eigenvalue weighted by Gasteiger charge is 2.13. The van der Waals surface area contributed by atoms with Crippen molar-refractivity contribution >= 4 is 23.2 Å². The molecule has 0 aliphatic rings. The molecule has 0 bridgehead atoms. The number of hydrogen-bond acceptors (Lipinski definition) is 4. The number of benzene rings is 1. The van der Waals surface area contributed by atoms with E-state index in [4.69, 9.17) is 11.5 Å². The predicted molar refractivity (Wildman–Crippen MR) is 84.8 cm³/mol. The van der Waals surface area contributed by atoms with Crippen LogP contribution in [0.1, 0.15) is 25.3 Å². The minimum Gasteiger partial charge on any atom is -0.399 e. The van der Waals surface area contributed by atoms with E-state index in [1.54, 1.807) is 23.1 Å². The van der Waals surface area contributed by atoms with Crippen LogP contribution in [-0.2, 0) is 9.59 Å². The van der Waals surface area contributed by atoms with Crippen LogP contribution in [0, 0.1) is 6.92 Å². The molecule has 0 aliphatic carbocycles. The van der Waals surface area contributed by atoms with Crippen LogP contribution in [0.4, 0.5) is 11.4 Å². The minimum absolute atomic E-state index is 0.0914. The summed E-state index contributed by atoms with van der Waals surface area (Å²) in [7, 11) is 0. The molecule has 0 unspecified atom stereocenters. The van der Waals surface area contributed by atoms with Crippen molar-refractivity contribution in [3.63, 3.8) is 0 Å². The number of nitrogens with zero attached hydrogens (tertiary/aromatic N) is 1. The van der Waals surface area contributed by atoms with Crippen molar-refractivity contribution in [2.24, 2.45) is 5.73 Å². The fraction of sp³-hybridized carbons (Fsp3) is 0.467. The monoisotopic (exact) mass is 292 g/mol. The van der Waals surface area contributed by atoms with E-state index in [2.05, 4.69) is 12.2 Å². The van der Waals surface area contributed by atoms with Crippen LogP contribution in [0.15, 0.2) is 18.2 Å². The maximum Gasteiger partial charge on any atom is 0.238 e. The van der Waals surface area contributed by atoms with Crippen LogP contribution >= 0.6 is 0 Å². The van der Waals surface area contributed by atoms with Gasteiger partial charge in [0.2, 0.25) is 11.8 Å². The molecule has 0 atom stereocenters. The summed E-state index contributed by atoms with van der Waals surface area (Å²) in [6.07, 6.45) is 1.91. The molecule has 0 heterocycles. The smallest absolute Gasteiger partial charge is 0.238 e. The number of nitrogens with two attached hydrogens (primary N) is 2. The van der Waals surface area contributed by atoms with Crippen LogP contribution in [0.2, 0.25) is 0 Å². The summed E-state index contributed by atoms with van der Waals surface area (Å²) in [5.74, 6) is -0.595. The van der Waals surface area contributed by atoms with Crippen LogP contribution in [-0.4, -0.2) is 36.3 Å². The molecule has 5 N–H and O–H groups in total. The molecule has 116 valence electrons. The van der Waals surface area contributed by atoms with Gasteiger partial charge in [0, 0.05) is 11.4 Å². The third-order valence-corrected chi connectivity index (χ3v) is 3.10. The Kier molecular flexibility index (Phi) is 6.68. The first kappa shape index (κ1) is 17.0.